The van der Waals surface area contributed by atoms with Gasteiger partial charge in [0.2, 0.25) is 5.91 Å². The zero-order chi connectivity index (χ0) is 14.8. The maximum atomic E-state index is 11.7. The summed E-state index contributed by atoms with van der Waals surface area (Å²) in [5.41, 5.74) is 1.04. The topological polar surface area (TPSA) is 62.6 Å². The zero-order valence-electron chi connectivity index (χ0n) is 12.0. The number of nitrogens with zero attached hydrogens (tertiary/aromatic N) is 2. The predicted octanol–water partition coefficient (Wildman–Crippen LogP) is 1.97. The number of benzene rings is 1. The van der Waals surface area contributed by atoms with Crippen molar-refractivity contribution in [3.63, 3.8) is 0 Å². The van der Waals surface area contributed by atoms with Crippen molar-refractivity contribution in [3.05, 3.63) is 29.8 Å². The van der Waals surface area contributed by atoms with Gasteiger partial charge in [0.25, 0.3) is 0 Å². The highest BCUT2D eigenvalue weighted by molar-refractivity contribution is 5.75. The molecule has 1 aromatic carbocycles. The Morgan fingerprint density at radius 2 is 2.05 bits per heavy atom. The molecule has 0 aliphatic rings. The Bertz CT molecular complexity index is 451. The van der Waals surface area contributed by atoms with Gasteiger partial charge >= 0.3 is 0 Å². The van der Waals surface area contributed by atoms with E-state index in [1.165, 1.54) is 0 Å². The molecule has 20 heavy (non-hydrogen) atoms. The van der Waals surface area contributed by atoms with Gasteiger partial charge in [-0.3, -0.25) is 4.79 Å². The molecule has 0 saturated carbocycles. The van der Waals surface area contributed by atoms with Crippen LogP contribution in [0.3, 0.4) is 0 Å². The quantitative estimate of drug-likeness (QED) is 0.681. The average molecular weight is 276 g/mol. The molecule has 0 aliphatic heterocycles. The minimum Gasteiger partial charge on any atom is -0.497 e. The van der Waals surface area contributed by atoms with Gasteiger partial charge in [0.1, 0.15) is 5.75 Å². The van der Waals surface area contributed by atoms with Crippen LogP contribution in [0.15, 0.2) is 24.3 Å². The third kappa shape index (κ3) is 5.72. The van der Waals surface area contributed by atoms with Gasteiger partial charge in [-0.15, -0.1) is 0 Å². The van der Waals surface area contributed by atoms with Gasteiger partial charge in [-0.25, -0.2) is 0 Å². The van der Waals surface area contributed by atoms with Gasteiger partial charge in [0.15, 0.2) is 0 Å². The Labute approximate surface area is 119 Å². The molecule has 0 heterocycles. The van der Waals surface area contributed by atoms with Crippen LogP contribution in [0.2, 0.25) is 0 Å². The molecule has 1 aromatic rings. The first-order valence-corrected chi connectivity index (χ1v) is 6.49. The van der Waals surface area contributed by atoms with Crippen molar-refractivity contribution in [1.29, 1.82) is 5.26 Å². The highest BCUT2D eigenvalue weighted by Crippen LogP contribution is 2.11. The number of hydrogen-bond donors (Lipinski definition) is 0. The lowest BCUT2D eigenvalue weighted by Gasteiger charge is -2.15. The summed E-state index contributed by atoms with van der Waals surface area (Å²) in [7, 11) is 3.32. The third-order valence-corrected chi connectivity index (χ3v) is 2.87. The molecule has 0 atom stereocenters. The van der Waals surface area contributed by atoms with Gasteiger partial charge in [-0.1, -0.05) is 12.1 Å². The molecule has 0 aliphatic carbocycles. The number of ether oxygens (including phenoxy) is 2. The summed E-state index contributed by atoms with van der Waals surface area (Å²) in [5, 5.41) is 8.45. The summed E-state index contributed by atoms with van der Waals surface area (Å²) >= 11 is 0. The van der Waals surface area contributed by atoms with E-state index in [0.29, 0.717) is 32.6 Å². The van der Waals surface area contributed by atoms with Crippen molar-refractivity contribution in [3.8, 4) is 11.8 Å². The van der Waals surface area contributed by atoms with Crippen LogP contribution in [0.25, 0.3) is 0 Å². The van der Waals surface area contributed by atoms with Crippen LogP contribution >= 0.6 is 0 Å². The number of methoxy groups -OCH3 is 1. The molecule has 0 aromatic heterocycles. The van der Waals surface area contributed by atoms with Crippen LogP contribution in [-0.4, -0.2) is 38.1 Å². The van der Waals surface area contributed by atoms with Crippen LogP contribution in [0.5, 0.6) is 5.75 Å². The third-order valence-electron chi connectivity index (χ3n) is 2.87. The Morgan fingerprint density at radius 3 is 2.65 bits per heavy atom. The second-order valence-corrected chi connectivity index (χ2v) is 4.37. The van der Waals surface area contributed by atoms with Gasteiger partial charge in [-0.05, 0) is 17.7 Å². The predicted molar refractivity (Wildman–Crippen MR) is 75.1 cm³/mol. The molecule has 1 rings (SSSR count). The summed E-state index contributed by atoms with van der Waals surface area (Å²) in [6.45, 7) is 1.31. The summed E-state index contributed by atoms with van der Waals surface area (Å²) in [4.78, 5) is 13.2. The molecule has 0 radical (unpaired) electrons. The number of carbonyl (C=O) groups is 1. The molecule has 5 nitrogen and oxygen atoms in total. The number of amides is 1. The van der Waals surface area contributed by atoms with Crippen molar-refractivity contribution >= 4 is 5.91 Å². The highest BCUT2D eigenvalue weighted by Gasteiger charge is 2.07. The summed E-state index contributed by atoms with van der Waals surface area (Å²) in [5.74, 6) is 0.804. The number of nitriles is 1. The van der Waals surface area contributed by atoms with E-state index in [0.717, 1.165) is 11.3 Å². The van der Waals surface area contributed by atoms with Crippen LogP contribution in [-0.2, 0) is 16.1 Å². The second kappa shape index (κ2) is 8.94. The lowest BCUT2D eigenvalue weighted by atomic mass is 10.2. The van der Waals surface area contributed by atoms with Gasteiger partial charge in [0.05, 0.1) is 39.2 Å². The van der Waals surface area contributed by atoms with E-state index in [2.05, 4.69) is 0 Å². The van der Waals surface area contributed by atoms with Crippen molar-refractivity contribution in [1.82, 2.24) is 4.90 Å². The van der Waals surface area contributed by atoms with Crippen LogP contribution in [0.4, 0.5) is 0 Å². The molecule has 0 fully saturated rings. The van der Waals surface area contributed by atoms with E-state index < -0.39 is 0 Å². The molecule has 0 bridgehead atoms. The fourth-order valence-corrected chi connectivity index (χ4v) is 1.60. The van der Waals surface area contributed by atoms with E-state index in [1.54, 1.807) is 19.1 Å². The molecular weight excluding hydrogens is 256 g/mol. The largest absolute Gasteiger partial charge is 0.497 e. The maximum absolute atomic E-state index is 11.7. The summed E-state index contributed by atoms with van der Waals surface area (Å²) in [6.07, 6.45) is 0.688. The van der Waals surface area contributed by atoms with Crippen LogP contribution in [0, 0.1) is 11.3 Å². The van der Waals surface area contributed by atoms with Crippen molar-refractivity contribution in [2.45, 2.75) is 19.4 Å². The van der Waals surface area contributed by atoms with E-state index in [4.69, 9.17) is 14.7 Å². The van der Waals surface area contributed by atoms with Gasteiger partial charge in [-0.2, -0.15) is 5.26 Å². The standard InChI is InChI=1S/C15H20N2O3/c1-17(10-3-9-16)15(18)8-11-20-12-13-4-6-14(19-2)7-5-13/h4-7H,3,8,10-12H2,1-2H3. The molecule has 0 unspecified atom stereocenters. The first kappa shape index (κ1) is 16.0. The van der Waals surface area contributed by atoms with Crippen LogP contribution in [0.1, 0.15) is 18.4 Å². The number of rotatable bonds is 8. The molecule has 0 saturated heterocycles. The Kier molecular flexibility index (Phi) is 7.15. The Morgan fingerprint density at radius 1 is 1.35 bits per heavy atom. The minimum absolute atomic E-state index is 0.00465. The molecule has 108 valence electrons. The fourth-order valence-electron chi connectivity index (χ4n) is 1.60. The SMILES string of the molecule is COc1ccc(COCCC(=O)N(C)CCC#N)cc1. The second-order valence-electron chi connectivity index (χ2n) is 4.37. The lowest BCUT2D eigenvalue weighted by Crippen LogP contribution is -2.28. The Hall–Kier alpha value is -2.06. The van der Waals surface area contributed by atoms with Crippen molar-refractivity contribution in [2.24, 2.45) is 0 Å². The monoisotopic (exact) mass is 276 g/mol. The number of hydrogen-bond acceptors (Lipinski definition) is 4. The number of carbonyl (C=O) groups excluding carboxylic acids is 1. The minimum atomic E-state index is -0.00465. The van der Waals surface area contributed by atoms with E-state index >= 15 is 0 Å². The smallest absolute Gasteiger partial charge is 0.224 e. The van der Waals surface area contributed by atoms with Crippen molar-refractivity contribution in [2.75, 3.05) is 27.3 Å². The molecular formula is C15H20N2O3. The summed E-state index contributed by atoms with van der Waals surface area (Å²) in [6, 6.07) is 9.63. The average Bonchev–Trinajstić information content (AvgIpc) is 2.49. The van der Waals surface area contributed by atoms with Gasteiger partial charge in [0, 0.05) is 13.6 Å². The molecule has 0 spiro atoms. The maximum Gasteiger partial charge on any atom is 0.224 e. The van der Waals surface area contributed by atoms with Gasteiger partial charge < -0.3 is 14.4 Å². The van der Waals surface area contributed by atoms with E-state index in [9.17, 15) is 4.79 Å². The Balaban J connectivity index is 2.20. The normalized spacial score (nSPS) is 9.85. The van der Waals surface area contributed by atoms with E-state index in [-0.39, 0.29) is 5.91 Å². The molecule has 5 heteroatoms. The molecule has 1 amide bonds. The zero-order valence-corrected chi connectivity index (χ0v) is 12.0. The first-order valence-electron chi connectivity index (χ1n) is 6.49. The fraction of sp³-hybridized carbons (Fsp3) is 0.467. The highest BCUT2D eigenvalue weighted by atomic mass is 16.5. The summed E-state index contributed by atoms with van der Waals surface area (Å²) < 4.78 is 10.5. The molecule has 0 N–H and O–H groups in total. The van der Waals surface area contributed by atoms with Crippen molar-refractivity contribution < 1.29 is 14.3 Å². The van der Waals surface area contributed by atoms with E-state index in [1.807, 2.05) is 30.3 Å². The lowest BCUT2D eigenvalue weighted by molar-refractivity contribution is -0.131. The first-order chi connectivity index (χ1) is 9.67. The van der Waals surface area contributed by atoms with Crippen LogP contribution < -0.4 is 4.74 Å².